The van der Waals surface area contributed by atoms with Gasteiger partial charge in [0.25, 0.3) is 0 Å². The van der Waals surface area contributed by atoms with Crippen LogP contribution < -0.4 is 10.6 Å². The number of rotatable bonds is 11. The first kappa shape index (κ1) is 22.4. The molecule has 1 aromatic heterocycles. The van der Waals surface area contributed by atoms with Crippen molar-refractivity contribution in [1.29, 1.82) is 0 Å². The van der Waals surface area contributed by atoms with E-state index in [1.165, 1.54) is 44.7 Å². The average Bonchev–Trinajstić information content (AvgIpc) is 3.29. The molecule has 1 aromatic carbocycles. The van der Waals surface area contributed by atoms with Gasteiger partial charge >= 0.3 is 0 Å². The molecule has 0 amide bonds. The van der Waals surface area contributed by atoms with Crippen molar-refractivity contribution in [1.82, 2.24) is 25.0 Å². The van der Waals surface area contributed by atoms with Crippen LogP contribution in [-0.4, -0.2) is 72.7 Å². The number of hydrogen-bond donors (Lipinski definition) is 2. The molecule has 3 rings (SSSR count). The minimum atomic E-state index is 0.882. The van der Waals surface area contributed by atoms with Crippen molar-refractivity contribution in [3.8, 4) is 0 Å². The Kier molecular flexibility index (Phi) is 9.76. The Hall–Kier alpha value is -2.31. The van der Waals surface area contributed by atoms with Crippen LogP contribution in [0.2, 0.25) is 0 Å². The van der Waals surface area contributed by atoms with Crippen molar-refractivity contribution >= 4 is 5.96 Å². The van der Waals surface area contributed by atoms with E-state index in [1.54, 1.807) is 0 Å². The second-order valence-corrected chi connectivity index (χ2v) is 7.92. The van der Waals surface area contributed by atoms with Crippen LogP contribution in [0.1, 0.15) is 25.3 Å². The van der Waals surface area contributed by atoms with Crippen molar-refractivity contribution in [2.45, 2.75) is 32.9 Å². The van der Waals surface area contributed by atoms with E-state index in [1.807, 2.05) is 0 Å². The summed E-state index contributed by atoms with van der Waals surface area (Å²) in [6, 6.07) is 14.9. The molecule has 0 bridgehead atoms. The highest BCUT2D eigenvalue weighted by Crippen LogP contribution is 2.09. The molecule has 1 aliphatic heterocycles. The zero-order chi connectivity index (χ0) is 20.9. The fourth-order valence-electron chi connectivity index (χ4n) is 3.82. The summed E-state index contributed by atoms with van der Waals surface area (Å²) in [5.41, 5.74) is 1.42. The van der Waals surface area contributed by atoms with Crippen molar-refractivity contribution in [3.63, 3.8) is 0 Å². The number of hydrogen-bond acceptors (Lipinski definition) is 3. The van der Waals surface area contributed by atoms with Crippen molar-refractivity contribution < 1.29 is 0 Å². The molecule has 0 spiro atoms. The second-order valence-electron chi connectivity index (χ2n) is 7.92. The molecule has 2 N–H and O–H groups in total. The monoisotopic (exact) mass is 410 g/mol. The quantitative estimate of drug-likeness (QED) is 0.340. The van der Waals surface area contributed by atoms with Gasteiger partial charge in [-0.05, 0) is 44.0 Å². The number of unbranched alkanes of at least 4 members (excludes halogenated alkanes) is 1. The van der Waals surface area contributed by atoms with E-state index in [4.69, 9.17) is 4.99 Å². The van der Waals surface area contributed by atoms with Crippen LogP contribution in [0.3, 0.4) is 0 Å². The first-order chi connectivity index (χ1) is 14.8. The Labute approximate surface area is 182 Å². The Morgan fingerprint density at radius 3 is 2.33 bits per heavy atom. The summed E-state index contributed by atoms with van der Waals surface area (Å²) in [6.45, 7) is 12.7. The first-order valence-corrected chi connectivity index (χ1v) is 11.4. The molecular formula is C24H38N6. The standard InChI is InChI=1S/C24H38N6/c1-2-25-24(27-13-17-28-15-8-9-16-28)26-12-6-7-14-29-18-20-30(21-19-29)22-23-10-4-3-5-11-23/h3-5,8-11,15-16H,2,6-7,12-14,17-22H2,1H3,(H2,25,26,27). The van der Waals surface area contributed by atoms with Crippen LogP contribution in [0.15, 0.2) is 59.9 Å². The fourth-order valence-corrected chi connectivity index (χ4v) is 3.82. The lowest BCUT2D eigenvalue weighted by molar-refractivity contribution is 0.126. The van der Waals surface area contributed by atoms with Gasteiger partial charge in [-0.25, -0.2) is 0 Å². The molecule has 2 aromatic rings. The van der Waals surface area contributed by atoms with Crippen molar-refractivity contribution in [2.75, 3.05) is 52.4 Å². The minimum absolute atomic E-state index is 0.882. The molecule has 1 saturated heterocycles. The summed E-state index contributed by atoms with van der Waals surface area (Å²) in [6.07, 6.45) is 6.53. The van der Waals surface area contributed by atoms with E-state index in [2.05, 4.69) is 86.8 Å². The third-order valence-corrected chi connectivity index (χ3v) is 5.54. The molecule has 0 radical (unpaired) electrons. The van der Waals surface area contributed by atoms with Gasteiger partial charge in [-0.15, -0.1) is 0 Å². The number of nitrogens with zero attached hydrogens (tertiary/aromatic N) is 4. The lowest BCUT2D eigenvalue weighted by Gasteiger charge is -2.34. The van der Waals surface area contributed by atoms with Gasteiger partial charge in [0.1, 0.15) is 0 Å². The molecule has 6 nitrogen and oxygen atoms in total. The molecule has 0 atom stereocenters. The van der Waals surface area contributed by atoms with Gasteiger partial charge in [0, 0.05) is 71.3 Å². The molecule has 6 heteroatoms. The van der Waals surface area contributed by atoms with Gasteiger partial charge in [-0.2, -0.15) is 0 Å². The highest BCUT2D eigenvalue weighted by molar-refractivity contribution is 5.79. The number of benzene rings is 1. The third-order valence-electron chi connectivity index (χ3n) is 5.54. The molecule has 164 valence electrons. The summed E-state index contributed by atoms with van der Waals surface area (Å²) < 4.78 is 2.18. The van der Waals surface area contributed by atoms with Crippen LogP contribution in [0.25, 0.3) is 0 Å². The molecule has 1 aliphatic rings. The van der Waals surface area contributed by atoms with Crippen molar-refractivity contribution in [2.24, 2.45) is 4.99 Å². The first-order valence-electron chi connectivity index (χ1n) is 11.4. The number of aromatic nitrogens is 1. The Balaban J connectivity index is 1.26. The summed E-state index contributed by atoms with van der Waals surface area (Å²) in [5, 5.41) is 6.77. The van der Waals surface area contributed by atoms with E-state index >= 15 is 0 Å². The predicted octanol–water partition coefficient (Wildman–Crippen LogP) is 2.64. The van der Waals surface area contributed by atoms with Crippen LogP contribution in [-0.2, 0) is 13.1 Å². The zero-order valence-corrected chi connectivity index (χ0v) is 18.5. The summed E-state index contributed by atoms with van der Waals surface area (Å²) in [7, 11) is 0. The number of guanidine groups is 1. The maximum Gasteiger partial charge on any atom is 0.191 e. The number of piperazine rings is 1. The second kappa shape index (κ2) is 13.1. The normalized spacial score (nSPS) is 16.0. The lowest BCUT2D eigenvalue weighted by atomic mass is 10.2. The molecule has 0 saturated carbocycles. The van der Waals surface area contributed by atoms with Gasteiger partial charge in [0.15, 0.2) is 5.96 Å². The maximum atomic E-state index is 4.73. The van der Waals surface area contributed by atoms with Crippen LogP contribution in [0.4, 0.5) is 0 Å². The molecular weight excluding hydrogens is 372 g/mol. The van der Waals surface area contributed by atoms with Crippen LogP contribution in [0, 0.1) is 0 Å². The van der Waals surface area contributed by atoms with Gasteiger partial charge in [-0.1, -0.05) is 30.3 Å². The van der Waals surface area contributed by atoms with E-state index in [9.17, 15) is 0 Å². The maximum absolute atomic E-state index is 4.73. The number of nitrogens with one attached hydrogen (secondary N) is 2. The molecule has 0 unspecified atom stereocenters. The molecule has 2 heterocycles. The smallest absolute Gasteiger partial charge is 0.191 e. The lowest BCUT2D eigenvalue weighted by Crippen LogP contribution is -2.46. The largest absolute Gasteiger partial charge is 0.357 e. The van der Waals surface area contributed by atoms with E-state index in [0.717, 1.165) is 45.1 Å². The molecule has 30 heavy (non-hydrogen) atoms. The summed E-state index contributed by atoms with van der Waals surface area (Å²) in [4.78, 5) is 9.90. The zero-order valence-electron chi connectivity index (χ0n) is 18.5. The van der Waals surface area contributed by atoms with E-state index in [-0.39, 0.29) is 0 Å². The van der Waals surface area contributed by atoms with Crippen LogP contribution in [0.5, 0.6) is 0 Å². The van der Waals surface area contributed by atoms with E-state index in [0.29, 0.717) is 0 Å². The minimum Gasteiger partial charge on any atom is -0.357 e. The summed E-state index contributed by atoms with van der Waals surface area (Å²) >= 11 is 0. The summed E-state index contributed by atoms with van der Waals surface area (Å²) in [5.74, 6) is 0.930. The SMILES string of the molecule is CCNC(=NCCCCN1CCN(Cc2ccccc2)CC1)NCCn1cccc1. The van der Waals surface area contributed by atoms with Crippen LogP contribution >= 0.6 is 0 Å². The topological polar surface area (TPSA) is 47.8 Å². The van der Waals surface area contributed by atoms with Crippen molar-refractivity contribution in [3.05, 3.63) is 60.4 Å². The average molecular weight is 411 g/mol. The Morgan fingerprint density at radius 1 is 0.867 bits per heavy atom. The Bertz CT molecular complexity index is 705. The van der Waals surface area contributed by atoms with E-state index < -0.39 is 0 Å². The fraction of sp³-hybridized carbons (Fsp3) is 0.542. The third kappa shape index (κ3) is 8.20. The molecule has 0 aliphatic carbocycles. The van der Waals surface area contributed by atoms with Gasteiger partial charge < -0.3 is 20.1 Å². The number of aliphatic imine (C=N–C) groups is 1. The Morgan fingerprint density at radius 2 is 1.60 bits per heavy atom. The highest BCUT2D eigenvalue weighted by Gasteiger charge is 2.16. The molecule has 1 fully saturated rings. The van der Waals surface area contributed by atoms with Gasteiger partial charge in [0.05, 0.1) is 0 Å². The predicted molar refractivity (Wildman–Crippen MR) is 126 cm³/mol. The highest BCUT2D eigenvalue weighted by atomic mass is 15.3. The van der Waals surface area contributed by atoms with Gasteiger partial charge in [-0.3, -0.25) is 9.89 Å². The van der Waals surface area contributed by atoms with Gasteiger partial charge in [0.2, 0.25) is 0 Å².